The summed E-state index contributed by atoms with van der Waals surface area (Å²) in [5.41, 5.74) is 19.6. The molecule has 0 saturated heterocycles. The molecule has 6 heterocycles. The second-order valence-electron chi connectivity index (χ2n) is 21.8. The van der Waals surface area contributed by atoms with E-state index in [4.69, 9.17) is 9.97 Å². The lowest BCUT2D eigenvalue weighted by molar-refractivity contribution is 1.14. The lowest BCUT2D eigenvalue weighted by Crippen LogP contribution is -1.95. The molecule has 392 valence electrons. The lowest BCUT2D eigenvalue weighted by atomic mass is 10.0. The van der Waals surface area contributed by atoms with E-state index < -0.39 is 0 Å². The molecule has 84 heavy (non-hydrogen) atoms. The van der Waals surface area contributed by atoms with Crippen molar-refractivity contribution in [3.8, 4) is 45.0 Å². The Morgan fingerprint density at radius 1 is 0.202 bits per heavy atom. The molecule has 0 unspecified atom stereocenters. The van der Waals surface area contributed by atoms with Gasteiger partial charge in [0.2, 0.25) is 0 Å². The van der Waals surface area contributed by atoms with Crippen LogP contribution in [-0.4, -0.2) is 28.2 Å². The van der Waals surface area contributed by atoms with E-state index in [1.54, 1.807) is 0 Å². The van der Waals surface area contributed by atoms with Crippen LogP contribution in [0, 0.1) is 0 Å². The van der Waals surface area contributed by atoms with Gasteiger partial charge in [-0.1, -0.05) is 164 Å². The summed E-state index contributed by atoms with van der Waals surface area (Å²) in [5.74, 6) is 0. The van der Waals surface area contributed by atoms with Gasteiger partial charge in [0.25, 0.3) is 0 Å². The molecule has 0 radical (unpaired) electrons. The first kappa shape index (κ1) is 47.5. The van der Waals surface area contributed by atoms with E-state index in [2.05, 4.69) is 297 Å². The summed E-state index contributed by atoms with van der Waals surface area (Å²) < 4.78 is 9.38. The van der Waals surface area contributed by atoms with Crippen LogP contribution in [-0.2, 0) is 0 Å². The van der Waals surface area contributed by atoms with Crippen LogP contribution in [0.1, 0.15) is 0 Å². The van der Waals surface area contributed by atoms with Crippen LogP contribution in [0.4, 0.5) is 0 Å². The van der Waals surface area contributed by atoms with Gasteiger partial charge in [0.15, 0.2) is 0 Å². The molecule has 0 aliphatic carbocycles. The monoisotopic (exact) mass is 1070 g/mol. The van der Waals surface area contributed by atoms with Crippen LogP contribution in [0.3, 0.4) is 0 Å². The highest BCUT2D eigenvalue weighted by Crippen LogP contribution is 2.41. The summed E-state index contributed by atoms with van der Waals surface area (Å²) in [6, 6.07) is 105. The van der Waals surface area contributed by atoms with Crippen LogP contribution in [0.15, 0.2) is 304 Å². The molecule has 0 bridgehead atoms. The zero-order valence-corrected chi connectivity index (χ0v) is 45.6. The van der Waals surface area contributed by atoms with E-state index >= 15 is 0 Å². The Kier molecular flexibility index (Phi) is 10.8. The minimum absolute atomic E-state index is 0.977. The van der Waals surface area contributed by atoms with Gasteiger partial charge in [0, 0.05) is 72.8 Å². The van der Waals surface area contributed by atoms with Crippen LogP contribution in [0.25, 0.3) is 154 Å². The van der Waals surface area contributed by atoms with Gasteiger partial charge >= 0.3 is 0 Å². The Morgan fingerprint density at radius 3 is 1.20 bits per heavy atom. The number of hydrogen-bond donors (Lipinski definition) is 0. The molecule has 0 saturated carbocycles. The SMILES string of the molecule is c1ccc(-n2c3cc(-c4ccc5c(c4)c4ccccc4n5-c4ccc5ccccc5c4)ccc3c3cccnc32)cc1.c1ccc(-n2c3cc(-c4ccc5c(c4)c4ccccc4n5-c4ccc5ccccc5c4)ccc3c3ncccc32)cc1. The van der Waals surface area contributed by atoms with Crippen molar-refractivity contribution in [3.63, 3.8) is 0 Å². The average molecular weight is 1070 g/mol. The smallest absolute Gasteiger partial charge is 0.145 e. The van der Waals surface area contributed by atoms with Gasteiger partial charge in [-0.2, -0.15) is 0 Å². The molecule has 18 aromatic rings. The van der Waals surface area contributed by atoms with Gasteiger partial charge in [0.1, 0.15) is 5.65 Å². The maximum atomic E-state index is 4.78. The third kappa shape index (κ3) is 7.58. The predicted molar refractivity (Wildman–Crippen MR) is 352 cm³/mol. The molecule has 0 fully saturated rings. The van der Waals surface area contributed by atoms with E-state index in [0.717, 1.165) is 49.9 Å². The lowest BCUT2D eigenvalue weighted by Gasteiger charge is -2.10. The summed E-state index contributed by atoms with van der Waals surface area (Å²) in [6.45, 7) is 0. The average Bonchev–Trinajstić information content (AvgIpc) is 3.83. The predicted octanol–water partition coefficient (Wildman–Crippen LogP) is 20.2. The zero-order chi connectivity index (χ0) is 55.2. The molecular formula is C78H50N6. The Morgan fingerprint density at radius 2 is 0.607 bits per heavy atom. The van der Waals surface area contributed by atoms with Crippen LogP contribution in [0.2, 0.25) is 0 Å². The van der Waals surface area contributed by atoms with Crippen LogP contribution < -0.4 is 0 Å². The molecule has 0 aliphatic rings. The minimum atomic E-state index is 0.977. The number of nitrogens with zero attached hydrogens (tertiary/aromatic N) is 6. The molecule has 6 heteroatoms. The van der Waals surface area contributed by atoms with Crippen molar-refractivity contribution in [2.45, 2.75) is 0 Å². The molecule has 6 aromatic heterocycles. The van der Waals surface area contributed by atoms with Gasteiger partial charge in [-0.05, 0) is 171 Å². The molecule has 12 aromatic carbocycles. The van der Waals surface area contributed by atoms with Gasteiger partial charge in [-0.25, -0.2) is 4.98 Å². The standard InChI is InChI=1S/2C39H25N3/c1-2-11-30(12-3-1)42-38-25-29(17-20-33(38)34-14-8-22-40-39(34)42)28-18-21-37-35(24-28)32-13-6-7-15-36(32)41(37)31-19-16-26-9-4-5-10-27(26)23-31;1-2-11-30(12-3-1)41-37-15-8-22-40-39(37)33-20-17-29(25-38(33)41)28-18-21-36-34(24-28)32-13-6-7-14-35(32)42(36)31-19-16-26-9-4-5-10-27(26)23-31/h2*1-25H. The number of rotatable bonds is 6. The summed E-state index contributed by atoms with van der Waals surface area (Å²) in [6.07, 6.45) is 3.76. The fourth-order valence-electron chi connectivity index (χ4n) is 13.2. The van der Waals surface area contributed by atoms with Crippen molar-refractivity contribution in [2.75, 3.05) is 0 Å². The number of para-hydroxylation sites is 4. The van der Waals surface area contributed by atoms with Gasteiger partial charge in [-0.3, -0.25) is 9.55 Å². The van der Waals surface area contributed by atoms with Crippen LogP contribution in [0.5, 0.6) is 0 Å². The molecule has 0 atom stereocenters. The van der Waals surface area contributed by atoms with Crippen molar-refractivity contribution < 1.29 is 0 Å². The second kappa shape index (κ2) is 19.2. The van der Waals surface area contributed by atoms with E-state index in [-0.39, 0.29) is 0 Å². The van der Waals surface area contributed by atoms with Crippen molar-refractivity contribution in [1.82, 2.24) is 28.2 Å². The molecular weight excluding hydrogens is 1020 g/mol. The molecule has 0 aliphatic heterocycles. The van der Waals surface area contributed by atoms with Crippen molar-refractivity contribution in [1.29, 1.82) is 0 Å². The number of aromatic nitrogens is 6. The molecule has 18 rings (SSSR count). The maximum Gasteiger partial charge on any atom is 0.145 e. The van der Waals surface area contributed by atoms with E-state index in [1.165, 1.54) is 104 Å². The highest BCUT2D eigenvalue weighted by Gasteiger charge is 2.19. The fraction of sp³-hybridized carbons (Fsp3) is 0. The van der Waals surface area contributed by atoms with Gasteiger partial charge in [0.05, 0.1) is 44.1 Å². The fourth-order valence-corrected chi connectivity index (χ4v) is 13.2. The minimum Gasteiger partial charge on any atom is -0.309 e. The summed E-state index contributed by atoms with van der Waals surface area (Å²) in [7, 11) is 0. The molecule has 6 nitrogen and oxygen atoms in total. The number of hydrogen-bond acceptors (Lipinski definition) is 2. The van der Waals surface area contributed by atoms with Crippen molar-refractivity contribution >= 4 is 109 Å². The number of fused-ring (bicyclic) bond motifs is 14. The van der Waals surface area contributed by atoms with Crippen molar-refractivity contribution in [2.24, 2.45) is 0 Å². The largest absolute Gasteiger partial charge is 0.309 e. The topological polar surface area (TPSA) is 45.5 Å². The van der Waals surface area contributed by atoms with E-state index in [1.807, 2.05) is 24.5 Å². The van der Waals surface area contributed by atoms with Gasteiger partial charge < -0.3 is 13.7 Å². The Bertz CT molecular complexity index is 5280. The first-order valence-corrected chi connectivity index (χ1v) is 28.6. The number of benzene rings is 12. The third-order valence-electron chi connectivity index (χ3n) is 17.1. The zero-order valence-electron chi connectivity index (χ0n) is 45.6. The Labute approximate surface area is 483 Å². The summed E-state index contributed by atoms with van der Waals surface area (Å²) >= 11 is 0. The Balaban J connectivity index is 0.000000132. The first-order chi connectivity index (χ1) is 41.7. The normalized spacial score (nSPS) is 11.8. The van der Waals surface area contributed by atoms with Gasteiger partial charge in [-0.15, -0.1) is 0 Å². The third-order valence-corrected chi connectivity index (χ3v) is 17.1. The van der Waals surface area contributed by atoms with E-state index in [0.29, 0.717) is 0 Å². The first-order valence-electron chi connectivity index (χ1n) is 28.6. The summed E-state index contributed by atoms with van der Waals surface area (Å²) in [4.78, 5) is 9.54. The summed E-state index contributed by atoms with van der Waals surface area (Å²) in [5, 5.41) is 13.5. The van der Waals surface area contributed by atoms with Crippen molar-refractivity contribution in [3.05, 3.63) is 304 Å². The second-order valence-corrected chi connectivity index (χ2v) is 21.8. The van der Waals surface area contributed by atoms with Crippen LogP contribution >= 0.6 is 0 Å². The Hall–Kier alpha value is -11.3. The number of pyridine rings is 2. The molecule has 0 N–H and O–H groups in total. The highest BCUT2D eigenvalue weighted by atomic mass is 15.0. The molecule has 0 amide bonds. The quantitative estimate of drug-likeness (QED) is 0.167. The van der Waals surface area contributed by atoms with E-state index in [9.17, 15) is 0 Å². The maximum absolute atomic E-state index is 4.78. The highest BCUT2D eigenvalue weighted by molar-refractivity contribution is 6.14. The molecule has 0 spiro atoms.